The number of hydrogen-bond donors (Lipinski definition) is 1. The Kier molecular flexibility index (Phi) is 5.80. The fraction of sp³-hybridized carbons (Fsp3) is 0.500. The molecule has 1 unspecified atom stereocenters. The normalized spacial score (nSPS) is 17.4. The highest BCUT2D eigenvalue weighted by Gasteiger charge is 2.33. The van der Waals surface area contributed by atoms with E-state index in [0.29, 0.717) is 31.7 Å². The molecule has 27 heavy (non-hydrogen) atoms. The molecule has 1 saturated heterocycles. The van der Waals surface area contributed by atoms with E-state index in [2.05, 4.69) is 5.10 Å². The molecule has 0 saturated carbocycles. The van der Waals surface area contributed by atoms with Crippen LogP contribution in [0.1, 0.15) is 24.8 Å². The van der Waals surface area contributed by atoms with Gasteiger partial charge < -0.3 is 19.5 Å². The first kappa shape index (κ1) is 19.0. The van der Waals surface area contributed by atoms with Crippen LogP contribution < -0.4 is 14.4 Å². The molecule has 9 nitrogen and oxygen atoms in total. The maximum atomic E-state index is 11.7. The summed E-state index contributed by atoms with van der Waals surface area (Å²) in [5.41, 5.74) is 0.720. The fourth-order valence-electron chi connectivity index (χ4n) is 3.26. The first-order chi connectivity index (χ1) is 13.0. The third kappa shape index (κ3) is 4.30. The minimum absolute atomic E-state index is 0.00175. The Bertz CT molecular complexity index is 790. The third-order valence-corrected chi connectivity index (χ3v) is 4.68. The molecule has 2 aromatic rings. The Morgan fingerprint density at radius 1 is 1.30 bits per heavy atom. The lowest BCUT2D eigenvalue weighted by molar-refractivity contribution is -0.385. The van der Waals surface area contributed by atoms with Crippen LogP contribution >= 0.6 is 0 Å². The quantitative estimate of drug-likeness (QED) is 0.609. The molecule has 1 aliphatic rings. The fourth-order valence-corrected chi connectivity index (χ4v) is 3.26. The predicted octanol–water partition coefficient (Wildman–Crippen LogP) is 2.27. The van der Waals surface area contributed by atoms with Crippen LogP contribution in [-0.4, -0.2) is 46.1 Å². The first-order valence-corrected chi connectivity index (χ1v) is 8.89. The molecule has 1 aromatic heterocycles. The number of aliphatic hydroxyl groups is 1. The largest absolute Gasteiger partial charge is 0.497 e. The minimum Gasteiger partial charge on any atom is -0.497 e. The summed E-state index contributed by atoms with van der Waals surface area (Å²) in [7, 11) is 3.26. The molecule has 146 valence electrons. The molecule has 1 aromatic carbocycles. The predicted molar refractivity (Wildman–Crippen MR) is 99.3 cm³/mol. The number of benzene rings is 1. The molecular formula is C18H24N4O5. The number of anilines is 1. The van der Waals surface area contributed by atoms with Gasteiger partial charge in [-0.15, -0.1) is 5.10 Å². The zero-order valence-electron chi connectivity index (χ0n) is 15.5. The Balaban J connectivity index is 1.81. The second kappa shape index (κ2) is 8.26. The molecular weight excluding hydrogens is 352 g/mol. The average molecular weight is 376 g/mol. The zero-order valence-corrected chi connectivity index (χ0v) is 15.5. The lowest BCUT2D eigenvalue weighted by atomic mass is 10.2. The number of hydrogen-bond acceptors (Lipinski definition) is 7. The molecule has 1 N–H and O–H groups in total. The Morgan fingerprint density at radius 2 is 2.04 bits per heavy atom. The second-order valence-corrected chi connectivity index (χ2v) is 6.57. The van der Waals surface area contributed by atoms with E-state index >= 15 is 0 Å². The van der Waals surface area contributed by atoms with Gasteiger partial charge in [0.25, 0.3) is 0 Å². The number of methoxy groups -OCH3 is 1. The third-order valence-electron chi connectivity index (χ3n) is 4.68. The summed E-state index contributed by atoms with van der Waals surface area (Å²) < 4.78 is 12.3. The monoisotopic (exact) mass is 376 g/mol. The van der Waals surface area contributed by atoms with Crippen LogP contribution in [0.5, 0.6) is 11.6 Å². The summed E-state index contributed by atoms with van der Waals surface area (Å²) in [6.07, 6.45) is 1.67. The summed E-state index contributed by atoms with van der Waals surface area (Å²) in [4.78, 5) is 13.2. The highest BCUT2D eigenvalue weighted by Crippen LogP contribution is 2.38. The van der Waals surface area contributed by atoms with E-state index in [4.69, 9.17) is 9.47 Å². The van der Waals surface area contributed by atoms with Crippen molar-refractivity contribution in [2.24, 2.45) is 7.05 Å². The van der Waals surface area contributed by atoms with Gasteiger partial charge in [0.05, 0.1) is 18.1 Å². The van der Waals surface area contributed by atoms with Crippen molar-refractivity contribution in [1.29, 1.82) is 0 Å². The highest BCUT2D eigenvalue weighted by molar-refractivity contribution is 5.64. The molecule has 0 amide bonds. The molecule has 0 spiro atoms. The van der Waals surface area contributed by atoms with E-state index in [9.17, 15) is 15.2 Å². The molecule has 1 aliphatic heterocycles. The van der Waals surface area contributed by atoms with Crippen LogP contribution in [0.3, 0.4) is 0 Å². The number of rotatable bonds is 6. The Hall–Kier alpha value is -2.81. The van der Waals surface area contributed by atoms with E-state index in [0.717, 1.165) is 17.7 Å². The Morgan fingerprint density at radius 3 is 2.70 bits per heavy atom. The van der Waals surface area contributed by atoms with Gasteiger partial charge in [-0.25, -0.2) is 4.68 Å². The summed E-state index contributed by atoms with van der Waals surface area (Å²) in [6.45, 7) is 1.34. The number of ether oxygens (including phenoxy) is 2. The number of aliphatic hydroxyl groups excluding tert-OH is 1. The van der Waals surface area contributed by atoms with Gasteiger partial charge in [-0.1, -0.05) is 12.1 Å². The van der Waals surface area contributed by atoms with Crippen molar-refractivity contribution in [3.63, 3.8) is 0 Å². The maximum Gasteiger partial charge on any atom is 0.374 e. The molecule has 3 rings (SSSR count). The summed E-state index contributed by atoms with van der Waals surface area (Å²) >= 11 is 0. The van der Waals surface area contributed by atoms with Crippen molar-refractivity contribution in [3.05, 3.63) is 39.9 Å². The highest BCUT2D eigenvalue weighted by atomic mass is 16.6. The lowest BCUT2D eigenvalue weighted by Gasteiger charge is -2.21. The smallest absolute Gasteiger partial charge is 0.374 e. The van der Waals surface area contributed by atoms with Crippen LogP contribution in [0.15, 0.2) is 24.3 Å². The number of nitro groups is 1. The number of aromatic nitrogens is 2. The van der Waals surface area contributed by atoms with E-state index in [1.54, 1.807) is 26.3 Å². The van der Waals surface area contributed by atoms with Crippen LogP contribution in [0.25, 0.3) is 0 Å². The van der Waals surface area contributed by atoms with Crippen LogP contribution in [0, 0.1) is 10.1 Å². The van der Waals surface area contributed by atoms with Crippen molar-refractivity contribution in [1.82, 2.24) is 9.78 Å². The van der Waals surface area contributed by atoms with Crippen molar-refractivity contribution >= 4 is 11.5 Å². The minimum atomic E-state index is -0.451. The van der Waals surface area contributed by atoms with E-state index < -0.39 is 4.92 Å². The topological polar surface area (TPSA) is 103 Å². The van der Waals surface area contributed by atoms with Crippen LogP contribution in [-0.2, 0) is 13.7 Å². The van der Waals surface area contributed by atoms with Gasteiger partial charge in [-0.3, -0.25) is 10.1 Å². The van der Waals surface area contributed by atoms with Gasteiger partial charge >= 0.3 is 11.6 Å². The molecule has 1 atom stereocenters. The lowest BCUT2D eigenvalue weighted by Crippen LogP contribution is -2.27. The van der Waals surface area contributed by atoms with Gasteiger partial charge in [0, 0.05) is 20.1 Å². The van der Waals surface area contributed by atoms with E-state index in [1.165, 1.54) is 4.68 Å². The van der Waals surface area contributed by atoms with Gasteiger partial charge in [-0.2, -0.15) is 0 Å². The van der Waals surface area contributed by atoms with Gasteiger partial charge in [0.1, 0.15) is 12.4 Å². The standard InChI is InChI=1S/C18H24N4O5/c1-20-18(21-10-3-4-14(23)9-11-21)16(22(24)25)17(19-20)27-12-13-5-7-15(26-2)8-6-13/h5-8,14,23H,3-4,9-12H2,1-2H3. The van der Waals surface area contributed by atoms with Gasteiger partial charge in [0.15, 0.2) is 0 Å². The van der Waals surface area contributed by atoms with Crippen molar-refractivity contribution in [2.75, 3.05) is 25.1 Å². The van der Waals surface area contributed by atoms with Gasteiger partial charge in [0.2, 0.25) is 5.82 Å². The van der Waals surface area contributed by atoms with Crippen LogP contribution in [0.2, 0.25) is 0 Å². The first-order valence-electron chi connectivity index (χ1n) is 8.89. The zero-order chi connectivity index (χ0) is 19.4. The SMILES string of the molecule is COc1ccc(COc2nn(C)c(N3CCCC(O)CC3)c2[N+](=O)[O-])cc1. The summed E-state index contributed by atoms with van der Waals surface area (Å²) in [5.74, 6) is 1.14. The van der Waals surface area contributed by atoms with Crippen molar-refractivity contribution in [2.45, 2.75) is 32.0 Å². The molecule has 1 fully saturated rings. The van der Waals surface area contributed by atoms with Gasteiger partial charge in [-0.05, 0) is 37.0 Å². The van der Waals surface area contributed by atoms with E-state index in [1.807, 2.05) is 17.0 Å². The number of nitrogens with zero attached hydrogens (tertiary/aromatic N) is 4. The van der Waals surface area contributed by atoms with Crippen molar-refractivity contribution in [3.8, 4) is 11.6 Å². The van der Waals surface area contributed by atoms with Crippen molar-refractivity contribution < 1.29 is 19.5 Å². The molecule has 0 aliphatic carbocycles. The van der Waals surface area contributed by atoms with E-state index in [-0.39, 0.29) is 24.3 Å². The summed E-state index contributed by atoms with van der Waals surface area (Å²) in [5, 5.41) is 25.8. The maximum absolute atomic E-state index is 11.7. The molecule has 0 bridgehead atoms. The molecule has 0 radical (unpaired) electrons. The molecule has 2 heterocycles. The average Bonchev–Trinajstić information content (AvgIpc) is 2.84. The second-order valence-electron chi connectivity index (χ2n) is 6.57. The molecule has 9 heteroatoms. The number of aryl methyl sites for hydroxylation is 1. The summed E-state index contributed by atoms with van der Waals surface area (Å²) in [6, 6.07) is 7.29. The Labute approximate surface area is 157 Å². The van der Waals surface area contributed by atoms with Crippen LogP contribution in [0.4, 0.5) is 11.5 Å².